The van der Waals surface area contributed by atoms with Gasteiger partial charge in [0.1, 0.15) is 6.04 Å². The van der Waals surface area contributed by atoms with Crippen LogP contribution in [0.15, 0.2) is 18.2 Å². The number of carboxylic acids is 1. The van der Waals surface area contributed by atoms with E-state index in [-0.39, 0.29) is 18.4 Å². The topological polar surface area (TPSA) is 78.4 Å². The van der Waals surface area contributed by atoms with Crippen LogP contribution in [-0.4, -0.2) is 29.6 Å². The SMILES string of the molecule is Cc1cccc(NC(=O)CNC(CC(C)C)C(=O)O)c1C. The molecule has 0 aromatic heterocycles. The molecule has 1 atom stereocenters. The molecule has 1 rings (SSSR count). The number of hydrogen-bond acceptors (Lipinski definition) is 3. The Morgan fingerprint density at radius 3 is 2.48 bits per heavy atom. The quantitative estimate of drug-likeness (QED) is 0.720. The van der Waals surface area contributed by atoms with Gasteiger partial charge in [-0.15, -0.1) is 0 Å². The first-order valence-electron chi connectivity index (χ1n) is 7.13. The van der Waals surface area contributed by atoms with Crippen LogP contribution in [0.25, 0.3) is 0 Å². The first kappa shape index (κ1) is 17.2. The van der Waals surface area contributed by atoms with Crippen LogP contribution in [0.2, 0.25) is 0 Å². The molecule has 0 bridgehead atoms. The third-order valence-electron chi connectivity index (χ3n) is 3.39. The van der Waals surface area contributed by atoms with Crippen molar-refractivity contribution in [3.8, 4) is 0 Å². The summed E-state index contributed by atoms with van der Waals surface area (Å²) in [5.74, 6) is -0.914. The number of aliphatic carboxylic acids is 1. The fourth-order valence-electron chi connectivity index (χ4n) is 2.04. The van der Waals surface area contributed by atoms with Crippen molar-refractivity contribution in [3.05, 3.63) is 29.3 Å². The van der Waals surface area contributed by atoms with Crippen LogP contribution in [0, 0.1) is 19.8 Å². The van der Waals surface area contributed by atoms with Crippen molar-refractivity contribution in [3.63, 3.8) is 0 Å². The third kappa shape index (κ3) is 5.55. The minimum atomic E-state index is -0.928. The fourth-order valence-corrected chi connectivity index (χ4v) is 2.04. The van der Waals surface area contributed by atoms with E-state index in [1.54, 1.807) is 0 Å². The predicted molar refractivity (Wildman–Crippen MR) is 83.4 cm³/mol. The summed E-state index contributed by atoms with van der Waals surface area (Å²) < 4.78 is 0. The van der Waals surface area contributed by atoms with Crippen LogP contribution in [0.4, 0.5) is 5.69 Å². The molecule has 0 heterocycles. The monoisotopic (exact) mass is 292 g/mol. The number of benzene rings is 1. The molecule has 0 saturated carbocycles. The maximum atomic E-state index is 11.9. The zero-order chi connectivity index (χ0) is 16.0. The summed E-state index contributed by atoms with van der Waals surface area (Å²) in [6, 6.07) is 4.99. The molecule has 1 unspecified atom stereocenters. The number of carbonyl (C=O) groups is 2. The van der Waals surface area contributed by atoms with E-state index in [2.05, 4.69) is 10.6 Å². The number of carboxylic acid groups (broad SMARTS) is 1. The van der Waals surface area contributed by atoms with E-state index in [9.17, 15) is 9.59 Å². The standard InChI is InChI=1S/C16H24N2O3/c1-10(2)8-14(16(20)21)17-9-15(19)18-13-7-5-6-11(3)12(13)4/h5-7,10,14,17H,8-9H2,1-4H3,(H,18,19)(H,20,21). The number of anilines is 1. The van der Waals surface area contributed by atoms with Gasteiger partial charge in [-0.05, 0) is 43.4 Å². The van der Waals surface area contributed by atoms with Crippen molar-refractivity contribution in [2.75, 3.05) is 11.9 Å². The summed E-state index contributed by atoms with van der Waals surface area (Å²) >= 11 is 0. The molecule has 0 fully saturated rings. The van der Waals surface area contributed by atoms with Gasteiger partial charge in [-0.25, -0.2) is 0 Å². The number of aryl methyl sites for hydroxylation is 1. The lowest BCUT2D eigenvalue weighted by atomic mass is 10.0. The molecule has 3 N–H and O–H groups in total. The highest BCUT2D eigenvalue weighted by molar-refractivity contribution is 5.93. The summed E-state index contributed by atoms with van der Waals surface area (Å²) in [6.07, 6.45) is 0.492. The maximum Gasteiger partial charge on any atom is 0.320 e. The normalized spacial score (nSPS) is 12.2. The molecule has 0 spiro atoms. The second kappa shape index (κ2) is 7.78. The average Bonchev–Trinajstić information content (AvgIpc) is 2.39. The van der Waals surface area contributed by atoms with Gasteiger partial charge in [0.25, 0.3) is 0 Å². The van der Waals surface area contributed by atoms with Crippen LogP contribution >= 0.6 is 0 Å². The molecule has 0 aliphatic carbocycles. The first-order chi connectivity index (χ1) is 9.81. The average molecular weight is 292 g/mol. The fraction of sp³-hybridized carbons (Fsp3) is 0.500. The van der Waals surface area contributed by atoms with Crippen molar-refractivity contribution >= 4 is 17.6 Å². The van der Waals surface area contributed by atoms with Gasteiger partial charge in [-0.2, -0.15) is 0 Å². The Bertz CT molecular complexity index is 512. The van der Waals surface area contributed by atoms with Gasteiger partial charge in [0.2, 0.25) is 5.91 Å². The van der Waals surface area contributed by atoms with Crippen LogP contribution in [0.1, 0.15) is 31.4 Å². The summed E-state index contributed by atoms with van der Waals surface area (Å²) in [7, 11) is 0. The van der Waals surface area contributed by atoms with Crippen LogP contribution < -0.4 is 10.6 Å². The largest absolute Gasteiger partial charge is 0.480 e. The van der Waals surface area contributed by atoms with Crippen LogP contribution in [-0.2, 0) is 9.59 Å². The molecule has 5 heteroatoms. The minimum absolute atomic E-state index is 0.0168. The van der Waals surface area contributed by atoms with Crippen LogP contribution in [0.5, 0.6) is 0 Å². The predicted octanol–water partition coefficient (Wildman–Crippen LogP) is 2.33. The Labute approximate surface area is 125 Å². The summed E-state index contributed by atoms with van der Waals surface area (Å²) in [6.45, 7) is 7.81. The van der Waals surface area contributed by atoms with E-state index in [1.807, 2.05) is 45.9 Å². The van der Waals surface area contributed by atoms with E-state index in [0.29, 0.717) is 6.42 Å². The van der Waals surface area contributed by atoms with Crippen molar-refractivity contribution < 1.29 is 14.7 Å². The molecule has 0 aliphatic heterocycles. The van der Waals surface area contributed by atoms with Gasteiger partial charge in [0.05, 0.1) is 6.54 Å². The lowest BCUT2D eigenvalue weighted by Gasteiger charge is -2.16. The Kier molecular flexibility index (Phi) is 6.37. The van der Waals surface area contributed by atoms with E-state index < -0.39 is 12.0 Å². The Balaban J connectivity index is 2.57. The van der Waals surface area contributed by atoms with E-state index in [1.165, 1.54) is 0 Å². The first-order valence-corrected chi connectivity index (χ1v) is 7.13. The number of rotatable bonds is 7. The highest BCUT2D eigenvalue weighted by atomic mass is 16.4. The zero-order valence-corrected chi connectivity index (χ0v) is 13.1. The highest BCUT2D eigenvalue weighted by Gasteiger charge is 2.19. The lowest BCUT2D eigenvalue weighted by Crippen LogP contribution is -2.42. The van der Waals surface area contributed by atoms with Crippen molar-refractivity contribution in [1.29, 1.82) is 0 Å². The van der Waals surface area contributed by atoms with E-state index in [0.717, 1.165) is 16.8 Å². The number of amides is 1. The molecular formula is C16H24N2O3. The molecule has 1 aromatic rings. The number of nitrogens with one attached hydrogen (secondary N) is 2. The molecular weight excluding hydrogens is 268 g/mol. The highest BCUT2D eigenvalue weighted by Crippen LogP contribution is 2.17. The Morgan fingerprint density at radius 1 is 1.24 bits per heavy atom. The molecule has 1 amide bonds. The molecule has 0 saturated heterocycles. The van der Waals surface area contributed by atoms with E-state index in [4.69, 9.17) is 5.11 Å². The number of carbonyl (C=O) groups excluding carboxylic acids is 1. The minimum Gasteiger partial charge on any atom is -0.480 e. The van der Waals surface area contributed by atoms with Crippen molar-refractivity contribution in [2.45, 2.75) is 40.2 Å². The summed E-state index contributed by atoms with van der Waals surface area (Å²) in [5.41, 5.74) is 2.88. The van der Waals surface area contributed by atoms with Gasteiger partial charge >= 0.3 is 5.97 Å². The van der Waals surface area contributed by atoms with Gasteiger partial charge in [0, 0.05) is 5.69 Å². The second-order valence-corrected chi connectivity index (χ2v) is 5.70. The second-order valence-electron chi connectivity index (χ2n) is 5.70. The van der Waals surface area contributed by atoms with Gasteiger partial charge in [-0.1, -0.05) is 26.0 Å². The van der Waals surface area contributed by atoms with Gasteiger partial charge in [0.15, 0.2) is 0 Å². The van der Waals surface area contributed by atoms with Gasteiger partial charge < -0.3 is 10.4 Å². The molecule has 21 heavy (non-hydrogen) atoms. The summed E-state index contributed by atoms with van der Waals surface area (Å²) in [5, 5.41) is 14.7. The van der Waals surface area contributed by atoms with Crippen molar-refractivity contribution in [2.24, 2.45) is 5.92 Å². The number of hydrogen-bond donors (Lipinski definition) is 3. The molecule has 1 aromatic carbocycles. The smallest absolute Gasteiger partial charge is 0.320 e. The van der Waals surface area contributed by atoms with Gasteiger partial charge in [-0.3, -0.25) is 14.9 Å². The Hall–Kier alpha value is -1.88. The van der Waals surface area contributed by atoms with Crippen LogP contribution in [0.3, 0.4) is 0 Å². The summed E-state index contributed by atoms with van der Waals surface area (Å²) in [4.78, 5) is 23.0. The Morgan fingerprint density at radius 2 is 1.90 bits per heavy atom. The molecule has 5 nitrogen and oxygen atoms in total. The molecule has 0 radical (unpaired) electrons. The maximum absolute atomic E-state index is 11.9. The molecule has 116 valence electrons. The van der Waals surface area contributed by atoms with Crippen molar-refractivity contribution in [1.82, 2.24) is 5.32 Å². The molecule has 0 aliphatic rings. The third-order valence-corrected chi connectivity index (χ3v) is 3.39. The van der Waals surface area contributed by atoms with E-state index >= 15 is 0 Å². The zero-order valence-electron chi connectivity index (χ0n) is 13.1. The lowest BCUT2D eigenvalue weighted by molar-refractivity contribution is -0.139.